The second-order valence-electron chi connectivity index (χ2n) is 9.20. The van der Waals surface area contributed by atoms with E-state index in [9.17, 15) is 14.0 Å². The number of aromatic nitrogens is 5. The molecule has 10 heteroatoms. The van der Waals surface area contributed by atoms with Gasteiger partial charge < -0.3 is 14.1 Å². The van der Waals surface area contributed by atoms with Crippen LogP contribution in [0.15, 0.2) is 99.6 Å². The average molecular weight is 526 g/mol. The number of methoxy groups -OCH3 is 1. The second kappa shape index (κ2) is 9.97. The SMILES string of the molecule is COc1ccc(Cn2c(=O)c3[nH]c(-c4cnn(Cc5ccccc5F)c4)cc3n(Cc3ccoc3)c2=O)cc1. The predicted molar refractivity (Wildman–Crippen MR) is 143 cm³/mol. The van der Waals surface area contributed by atoms with Gasteiger partial charge in [-0.25, -0.2) is 9.18 Å². The lowest BCUT2D eigenvalue weighted by Crippen LogP contribution is -2.40. The third-order valence-electron chi connectivity index (χ3n) is 6.66. The van der Waals surface area contributed by atoms with Crippen molar-refractivity contribution in [3.8, 4) is 17.0 Å². The lowest BCUT2D eigenvalue weighted by molar-refractivity contribution is 0.414. The Bertz CT molecular complexity index is 1880. The third-order valence-corrected chi connectivity index (χ3v) is 6.66. The van der Waals surface area contributed by atoms with Gasteiger partial charge in [-0.15, -0.1) is 0 Å². The zero-order valence-corrected chi connectivity index (χ0v) is 21.0. The fraction of sp³-hybridized carbons (Fsp3) is 0.138. The highest BCUT2D eigenvalue weighted by atomic mass is 19.1. The van der Waals surface area contributed by atoms with Gasteiger partial charge in [0.05, 0.1) is 56.7 Å². The number of ether oxygens (including phenoxy) is 1. The van der Waals surface area contributed by atoms with E-state index in [-0.39, 0.29) is 25.5 Å². The van der Waals surface area contributed by atoms with Crippen LogP contribution in [0.3, 0.4) is 0 Å². The van der Waals surface area contributed by atoms with Gasteiger partial charge in [-0.05, 0) is 35.9 Å². The third kappa shape index (κ3) is 4.68. The van der Waals surface area contributed by atoms with Crippen molar-refractivity contribution in [3.05, 3.63) is 129 Å². The van der Waals surface area contributed by atoms with Crippen molar-refractivity contribution in [2.45, 2.75) is 19.6 Å². The Morgan fingerprint density at radius 2 is 1.77 bits per heavy atom. The predicted octanol–water partition coefficient (Wildman–Crippen LogP) is 4.24. The van der Waals surface area contributed by atoms with Crippen molar-refractivity contribution in [1.82, 2.24) is 23.9 Å². The van der Waals surface area contributed by atoms with Crippen molar-refractivity contribution in [2.24, 2.45) is 0 Å². The Balaban J connectivity index is 1.43. The Morgan fingerprint density at radius 3 is 2.51 bits per heavy atom. The number of benzene rings is 2. The molecule has 6 rings (SSSR count). The number of hydrogen-bond acceptors (Lipinski definition) is 5. The van der Waals surface area contributed by atoms with Crippen LogP contribution in [0.5, 0.6) is 5.75 Å². The molecule has 39 heavy (non-hydrogen) atoms. The van der Waals surface area contributed by atoms with E-state index in [0.29, 0.717) is 33.6 Å². The number of fused-ring (bicyclic) bond motifs is 1. The number of nitrogens with one attached hydrogen (secondary N) is 1. The van der Waals surface area contributed by atoms with Crippen LogP contribution in [-0.2, 0) is 19.6 Å². The normalized spacial score (nSPS) is 11.3. The molecule has 0 unspecified atom stereocenters. The molecule has 0 atom stereocenters. The van der Waals surface area contributed by atoms with E-state index in [4.69, 9.17) is 9.15 Å². The summed E-state index contributed by atoms with van der Waals surface area (Å²) in [7, 11) is 1.58. The summed E-state index contributed by atoms with van der Waals surface area (Å²) in [5.41, 5.74) is 3.29. The fourth-order valence-corrected chi connectivity index (χ4v) is 4.61. The highest BCUT2D eigenvalue weighted by Gasteiger charge is 2.18. The van der Waals surface area contributed by atoms with Gasteiger partial charge in [0.1, 0.15) is 17.1 Å². The standard InChI is InChI=1S/C29H24FN5O4/c1-38-23-8-6-19(7-9-23)14-35-28(36)27-26(34(29(35)37)15-20-10-11-39-18-20)12-25(32-27)22-13-31-33(17-22)16-21-4-2-3-5-24(21)30/h2-13,17-18,32H,14-16H2,1H3. The van der Waals surface area contributed by atoms with E-state index < -0.39 is 11.2 Å². The van der Waals surface area contributed by atoms with Gasteiger partial charge >= 0.3 is 5.69 Å². The molecule has 1 N–H and O–H groups in total. The van der Waals surface area contributed by atoms with E-state index in [1.54, 1.807) is 77.5 Å². The first kappa shape index (κ1) is 24.2. The summed E-state index contributed by atoms with van der Waals surface area (Å²) < 4.78 is 28.9. The van der Waals surface area contributed by atoms with Crippen LogP contribution in [0.1, 0.15) is 16.7 Å². The maximum absolute atomic E-state index is 14.1. The smallest absolute Gasteiger partial charge is 0.332 e. The van der Waals surface area contributed by atoms with E-state index in [1.165, 1.54) is 16.9 Å². The van der Waals surface area contributed by atoms with E-state index in [1.807, 2.05) is 12.1 Å². The van der Waals surface area contributed by atoms with Crippen LogP contribution in [-0.4, -0.2) is 31.0 Å². The quantitative estimate of drug-likeness (QED) is 0.321. The largest absolute Gasteiger partial charge is 0.497 e. The molecule has 9 nitrogen and oxygen atoms in total. The van der Waals surface area contributed by atoms with Crippen molar-refractivity contribution in [1.29, 1.82) is 0 Å². The van der Waals surface area contributed by atoms with Crippen molar-refractivity contribution in [3.63, 3.8) is 0 Å². The summed E-state index contributed by atoms with van der Waals surface area (Å²) in [6.45, 7) is 0.573. The van der Waals surface area contributed by atoms with Crippen LogP contribution < -0.4 is 16.0 Å². The Kier molecular flexibility index (Phi) is 6.20. The van der Waals surface area contributed by atoms with Gasteiger partial charge in [0.2, 0.25) is 0 Å². The van der Waals surface area contributed by atoms with Crippen molar-refractivity contribution < 1.29 is 13.5 Å². The van der Waals surface area contributed by atoms with E-state index in [2.05, 4.69) is 10.1 Å². The maximum atomic E-state index is 14.1. The molecule has 0 bridgehead atoms. The number of halogens is 1. The molecule has 0 aliphatic rings. The van der Waals surface area contributed by atoms with E-state index >= 15 is 0 Å². The minimum absolute atomic E-state index is 0.0952. The molecule has 4 heterocycles. The van der Waals surface area contributed by atoms with Gasteiger partial charge in [-0.1, -0.05) is 30.3 Å². The molecule has 0 fully saturated rings. The van der Waals surface area contributed by atoms with Crippen LogP contribution in [0, 0.1) is 5.82 Å². The van der Waals surface area contributed by atoms with E-state index in [0.717, 1.165) is 11.1 Å². The molecule has 0 radical (unpaired) electrons. The molecule has 0 aliphatic heterocycles. The number of hydrogen-bond donors (Lipinski definition) is 1. The Hall–Kier alpha value is -5.12. The molecule has 4 aromatic heterocycles. The first-order valence-corrected chi connectivity index (χ1v) is 12.3. The monoisotopic (exact) mass is 525 g/mol. The van der Waals surface area contributed by atoms with Gasteiger partial charge in [-0.2, -0.15) is 5.10 Å². The zero-order valence-electron chi connectivity index (χ0n) is 21.0. The molecule has 0 saturated carbocycles. The number of rotatable bonds is 8. The Morgan fingerprint density at radius 1 is 0.974 bits per heavy atom. The summed E-state index contributed by atoms with van der Waals surface area (Å²) >= 11 is 0. The summed E-state index contributed by atoms with van der Waals surface area (Å²) in [5.74, 6) is 0.379. The van der Waals surface area contributed by atoms with Crippen molar-refractivity contribution >= 4 is 11.0 Å². The molecule has 0 aliphatic carbocycles. The summed E-state index contributed by atoms with van der Waals surface area (Å²) in [6, 6.07) is 17.3. The Labute approximate surface area is 221 Å². The number of H-pyrrole nitrogens is 1. The lowest BCUT2D eigenvalue weighted by atomic mass is 10.2. The molecule has 0 amide bonds. The number of aromatic amines is 1. The number of nitrogens with zero attached hydrogens (tertiary/aromatic N) is 4. The zero-order chi connectivity index (χ0) is 26.9. The van der Waals surface area contributed by atoms with Gasteiger partial charge in [0.25, 0.3) is 5.56 Å². The second-order valence-corrected chi connectivity index (χ2v) is 9.20. The van der Waals surface area contributed by atoms with Crippen LogP contribution in [0.2, 0.25) is 0 Å². The molecule has 0 spiro atoms. The molecular weight excluding hydrogens is 501 g/mol. The topological polar surface area (TPSA) is 100.0 Å². The van der Waals surface area contributed by atoms with Gasteiger partial charge in [0, 0.05) is 22.9 Å². The molecular formula is C29H24FN5O4. The molecule has 0 saturated heterocycles. The van der Waals surface area contributed by atoms with Gasteiger partial charge in [0.15, 0.2) is 0 Å². The minimum atomic E-state index is -0.440. The minimum Gasteiger partial charge on any atom is -0.497 e. The maximum Gasteiger partial charge on any atom is 0.332 e. The summed E-state index contributed by atoms with van der Waals surface area (Å²) in [6.07, 6.45) is 6.51. The first-order chi connectivity index (χ1) is 19.0. The summed E-state index contributed by atoms with van der Waals surface area (Å²) in [4.78, 5) is 30.4. The van der Waals surface area contributed by atoms with Crippen LogP contribution in [0.4, 0.5) is 4.39 Å². The van der Waals surface area contributed by atoms with Crippen LogP contribution in [0.25, 0.3) is 22.3 Å². The number of furan rings is 1. The molecule has 6 aromatic rings. The summed E-state index contributed by atoms with van der Waals surface area (Å²) in [5, 5.41) is 4.37. The van der Waals surface area contributed by atoms with Gasteiger partial charge in [-0.3, -0.25) is 18.6 Å². The lowest BCUT2D eigenvalue weighted by Gasteiger charge is -2.12. The fourth-order valence-electron chi connectivity index (χ4n) is 4.61. The first-order valence-electron chi connectivity index (χ1n) is 12.3. The highest BCUT2D eigenvalue weighted by molar-refractivity contribution is 5.82. The average Bonchev–Trinajstić information content (AvgIpc) is 3.72. The molecule has 2 aromatic carbocycles. The van der Waals surface area contributed by atoms with Crippen molar-refractivity contribution in [2.75, 3.05) is 7.11 Å². The molecule has 196 valence electrons. The highest BCUT2D eigenvalue weighted by Crippen LogP contribution is 2.23. The van der Waals surface area contributed by atoms with Crippen LogP contribution >= 0.6 is 0 Å².